The molecule has 0 spiro atoms. The molecule has 0 fully saturated rings. The van der Waals surface area contributed by atoms with Crippen LogP contribution in [0.5, 0.6) is 0 Å². The maximum absolute atomic E-state index is 11.6. The Morgan fingerprint density at radius 3 is 2.12 bits per heavy atom. The predicted molar refractivity (Wildman–Crippen MR) is 57.0 cm³/mol. The van der Waals surface area contributed by atoms with Gasteiger partial charge in [0.05, 0.1) is 0 Å². The molecule has 1 amide bonds. The molecule has 0 aliphatic heterocycles. The summed E-state index contributed by atoms with van der Waals surface area (Å²) in [5, 5.41) is 0. The molecule has 0 bridgehead atoms. The van der Waals surface area contributed by atoms with Crippen LogP contribution in [0.4, 0.5) is 4.39 Å². The third kappa shape index (κ3) is 4.30. The van der Waals surface area contributed by atoms with E-state index in [-0.39, 0.29) is 12.1 Å². The summed E-state index contributed by atoms with van der Waals surface area (Å²) < 4.78 is 15.9. The van der Waals surface area contributed by atoms with Gasteiger partial charge in [-0.1, -0.05) is 0 Å². The van der Waals surface area contributed by atoms with Crippen molar-refractivity contribution in [1.82, 2.24) is 4.90 Å². The number of nitrogens with zero attached hydrogens (tertiary/aromatic N) is 1. The van der Waals surface area contributed by atoms with Gasteiger partial charge in [0.2, 0.25) is 0 Å². The molecule has 0 saturated carbocycles. The van der Waals surface area contributed by atoms with Gasteiger partial charge in [-0.3, -0.25) is 4.79 Å². The quantitative estimate of drug-likeness (QED) is 0.413. The van der Waals surface area contributed by atoms with Gasteiger partial charge in [-0.05, 0) is 33.6 Å². The second kappa shape index (κ2) is 6.83. The van der Waals surface area contributed by atoms with Crippen LogP contribution in [0.25, 0.3) is 0 Å². The molecule has 0 heterocycles. The Hall–Kier alpha value is -1.57. The smallest absolute Gasteiger partial charge is 0.398 e. The van der Waals surface area contributed by atoms with Crippen molar-refractivity contribution in [2.45, 2.75) is 39.8 Å². The maximum atomic E-state index is 11.6. The van der Waals surface area contributed by atoms with Crippen LogP contribution >= 0.6 is 0 Å². The number of rotatable bonds is 3. The van der Waals surface area contributed by atoms with Gasteiger partial charge in [-0.2, -0.15) is 0 Å². The van der Waals surface area contributed by atoms with Gasteiger partial charge in [0.25, 0.3) is 0 Å². The Balaban J connectivity index is 4.48. The summed E-state index contributed by atoms with van der Waals surface area (Å²) in [5.74, 6) is 0.161. The Morgan fingerprint density at radius 1 is 1.25 bits per heavy atom. The van der Waals surface area contributed by atoms with Crippen LogP contribution in [-0.2, 0) is 14.3 Å². The van der Waals surface area contributed by atoms with Crippen LogP contribution in [0.2, 0.25) is 0 Å². The average Bonchev–Trinajstić information content (AvgIpc) is 2.16. The molecule has 0 atom stereocenters. The van der Waals surface area contributed by atoms with Gasteiger partial charge in [0, 0.05) is 12.1 Å². The first-order chi connectivity index (χ1) is 7.41. The molecule has 0 radical (unpaired) electrons. The Labute approximate surface area is 94.7 Å². The molecule has 16 heavy (non-hydrogen) atoms. The first-order valence-corrected chi connectivity index (χ1v) is 4.99. The highest BCUT2D eigenvalue weighted by Crippen LogP contribution is 2.06. The molecular weight excluding hydrogens is 213 g/mol. The highest BCUT2D eigenvalue weighted by Gasteiger charge is 2.27. The van der Waals surface area contributed by atoms with E-state index < -0.39 is 18.5 Å². The summed E-state index contributed by atoms with van der Waals surface area (Å²) >= 11 is 0. The topological polar surface area (TPSA) is 46.6 Å². The van der Waals surface area contributed by atoms with Gasteiger partial charge >= 0.3 is 11.9 Å². The summed E-state index contributed by atoms with van der Waals surface area (Å²) in [6, 6.07) is -0.209. The van der Waals surface area contributed by atoms with Crippen molar-refractivity contribution in [2.75, 3.05) is 6.61 Å². The van der Waals surface area contributed by atoms with Crippen molar-refractivity contribution in [2.24, 2.45) is 0 Å². The normalized spacial score (nSPS) is 9.69. The molecule has 0 N–H and O–H groups in total. The zero-order chi connectivity index (χ0) is 12.7. The Bertz CT molecular complexity index is 307. The SMILES string of the molecule is CC(C)N(C(=O)C(=O)OCC#CF)C(C)C. The van der Waals surface area contributed by atoms with E-state index in [0.717, 1.165) is 6.17 Å². The molecule has 0 aliphatic rings. The fraction of sp³-hybridized carbons (Fsp3) is 0.636. The number of ether oxygens (including phenoxy) is 1. The average molecular weight is 229 g/mol. The lowest BCUT2D eigenvalue weighted by Gasteiger charge is -2.29. The second-order valence-corrected chi connectivity index (χ2v) is 3.75. The zero-order valence-corrected chi connectivity index (χ0v) is 9.91. The fourth-order valence-corrected chi connectivity index (χ4v) is 1.36. The van der Waals surface area contributed by atoms with E-state index in [9.17, 15) is 14.0 Å². The number of hydrogen-bond acceptors (Lipinski definition) is 3. The van der Waals surface area contributed by atoms with Crippen LogP contribution < -0.4 is 0 Å². The number of hydrogen-bond donors (Lipinski definition) is 0. The summed E-state index contributed by atoms with van der Waals surface area (Å²) in [7, 11) is 0. The van der Waals surface area contributed by atoms with Gasteiger partial charge < -0.3 is 9.64 Å². The Morgan fingerprint density at radius 2 is 1.75 bits per heavy atom. The van der Waals surface area contributed by atoms with Gasteiger partial charge in [-0.15, -0.1) is 4.39 Å². The lowest BCUT2D eigenvalue weighted by Crippen LogP contribution is -2.46. The standard InChI is InChI=1S/C11H16FNO3/c1-8(2)13(9(3)4)10(14)11(15)16-7-5-6-12/h8-9H,7H2,1-4H3. The molecule has 0 aromatic heterocycles. The molecule has 0 aromatic rings. The lowest BCUT2D eigenvalue weighted by molar-refractivity contribution is -0.161. The molecule has 0 aromatic carbocycles. The van der Waals surface area contributed by atoms with Crippen LogP contribution in [0.1, 0.15) is 27.7 Å². The second-order valence-electron chi connectivity index (χ2n) is 3.75. The van der Waals surface area contributed by atoms with E-state index in [4.69, 9.17) is 0 Å². The van der Waals surface area contributed by atoms with Crippen LogP contribution in [0.15, 0.2) is 0 Å². The number of halogens is 1. The molecule has 0 unspecified atom stereocenters. The summed E-state index contributed by atoms with van der Waals surface area (Å²) in [6.07, 6.45) is 1.08. The van der Waals surface area contributed by atoms with Crippen molar-refractivity contribution in [3.63, 3.8) is 0 Å². The van der Waals surface area contributed by atoms with Crippen molar-refractivity contribution >= 4 is 11.9 Å². The van der Waals surface area contributed by atoms with Crippen molar-refractivity contribution in [3.8, 4) is 12.1 Å². The van der Waals surface area contributed by atoms with E-state index in [1.54, 1.807) is 27.7 Å². The monoisotopic (exact) mass is 229 g/mol. The van der Waals surface area contributed by atoms with Gasteiger partial charge in [-0.25, -0.2) is 4.79 Å². The van der Waals surface area contributed by atoms with E-state index in [1.807, 2.05) is 5.92 Å². The summed E-state index contributed by atoms with van der Waals surface area (Å²) in [6.45, 7) is 6.78. The van der Waals surface area contributed by atoms with E-state index in [1.165, 1.54) is 4.90 Å². The van der Waals surface area contributed by atoms with E-state index in [2.05, 4.69) is 4.74 Å². The molecule has 0 aliphatic carbocycles. The van der Waals surface area contributed by atoms with Gasteiger partial charge in [0.15, 0.2) is 6.61 Å². The minimum atomic E-state index is -1.01. The first kappa shape index (κ1) is 14.4. The first-order valence-electron chi connectivity index (χ1n) is 4.99. The largest absolute Gasteiger partial charge is 0.445 e. The van der Waals surface area contributed by atoms with E-state index >= 15 is 0 Å². The zero-order valence-electron chi connectivity index (χ0n) is 9.91. The molecule has 5 heteroatoms. The predicted octanol–water partition coefficient (Wildman–Crippen LogP) is 1.11. The number of esters is 1. The fourth-order valence-electron chi connectivity index (χ4n) is 1.36. The molecule has 0 rings (SSSR count). The van der Waals surface area contributed by atoms with Crippen molar-refractivity contribution in [3.05, 3.63) is 0 Å². The molecule has 0 saturated heterocycles. The van der Waals surface area contributed by atoms with Crippen LogP contribution in [0.3, 0.4) is 0 Å². The summed E-state index contributed by atoms with van der Waals surface area (Å²) in [4.78, 5) is 24.3. The van der Waals surface area contributed by atoms with Crippen molar-refractivity contribution in [1.29, 1.82) is 0 Å². The molecule has 4 nitrogen and oxygen atoms in total. The summed E-state index contributed by atoms with van der Waals surface area (Å²) in [5.41, 5.74) is 0. The minimum Gasteiger partial charge on any atom is -0.445 e. The van der Waals surface area contributed by atoms with Crippen molar-refractivity contribution < 1.29 is 18.7 Å². The molecule has 90 valence electrons. The van der Waals surface area contributed by atoms with Crippen LogP contribution in [0, 0.1) is 12.1 Å². The highest BCUT2D eigenvalue weighted by molar-refractivity contribution is 6.32. The van der Waals surface area contributed by atoms with E-state index in [0.29, 0.717) is 0 Å². The lowest BCUT2D eigenvalue weighted by atomic mass is 10.2. The minimum absolute atomic E-state index is 0.104. The number of amides is 1. The maximum Gasteiger partial charge on any atom is 0.398 e. The number of carbonyl (C=O) groups is 2. The third-order valence-electron chi connectivity index (χ3n) is 1.86. The Kier molecular flexibility index (Phi) is 6.16. The van der Waals surface area contributed by atoms with Crippen LogP contribution in [-0.4, -0.2) is 35.5 Å². The third-order valence-corrected chi connectivity index (χ3v) is 1.86. The molecular formula is C11H16FNO3. The number of carbonyl (C=O) groups excluding carboxylic acids is 2. The highest BCUT2D eigenvalue weighted by atomic mass is 19.1. The van der Waals surface area contributed by atoms with Gasteiger partial charge in [0.1, 0.15) is 6.17 Å².